The predicted octanol–water partition coefficient (Wildman–Crippen LogP) is 4.03. The van der Waals surface area contributed by atoms with E-state index in [-0.39, 0.29) is 0 Å². The summed E-state index contributed by atoms with van der Waals surface area (Å²) in [6.07, 6.45) is 0. The van der Waals surface area contributed by atoms with Gasteiger partial charge in [0, 0.05) is 23.3 Å². The van der Waals surface area contributed by atoms with Crippen molar-refractivity contribution in [3.8, 4) is 11.1 Å². The molecule has 114 valence electrons. The van der Waals surface area contributed by atoms with Crippen LogP contribution in [0.1, 0.15) is 0 Å². The summed E-state index contributed by atoms with van der Waals surface area (Å²) in [5, 5.41) is 4.09. The Hall–Kier alpha value is -1.69. The Morgan fingerprint density at radius 2 is 1.95 bits per heavy atom. The van der Waals surface area contributed by atoms with Crippen molar-refractivity contribution >= 4 is 35.2 Å². The number of guanidine groups is 1. The molecule has 0 amide bonds. The molecule has 3 rings (SSSR count). The van der Waals surface area contributed by atoms with Crippen molar-refractivity contribution in [1.82, 2.24) is 4.72 Å². The van der Waals surface area contributed by atoms with Gasteiger partial charge in [-0.3, -0.25) is 4.72 Å². The third-order valence-electron chi connectivity index (χ3n) is 3.26. The summed E-state index contributed by atoms with van der Waals surface area (Å²) in [6, 6.07) is 14.0. The zero-order valence-electron chi connectivity index (χ0n) is 12.1. The molecule has 0 unspecified atom stereocenters. The summed E-state index contributed by atoms with van der Waals surface area (Å²) >= 11 is 7.89. The average molecular weight is 334 g/mol. The van der Waals surface area contributed by atoms with Gasteiger partial charge in [0.05, 0.1) is 23.7 Å². The molecular formula is C16H16ClN3OS. The minimum atomic E-state index is 0.594. The molecule has 0 aliphatic carbocycles. The maximum absolute atomic E-state index is 6.34. The zero-order chi connectivity index (χ0) is 15.4. The van der Waals surface area contributed by atoms with Gasteiger partial charge in [0.15, 0.2) is 0 Å². The summed E-state index contributed by atoms with van der Waals surface area (Å²) in [7, 11) is 1.67. The summed E-state index contributed by atoms with van der Waals surface area (Å²) < 4.78 is 8.22. The number of hydrogen-bond donors (Lipinski definition) is 2. The van der Waals surface area contributed by atoms with Gasteiger partial charge in [-0.15, -0.1) is 0 Å². The van der Waals surface area contributed by atoms with Crippen LogP contribution in [0.5, 0.6) is 0 Å². The first-order chi connectivity index (χ1) is 10.8. The molecule has 0 bridgehead atoms. The van der Waals surface area contributed by atoms with Crippen LogP contribution in [0.2, 0.25) is 5.02 Å². The van der Waals surface area contributed by atoms with E-state index in [0.717, 1.165) is 32.7 Å². The minimum Gasteiger partial charge on any atom is -0.383 e. The van der Waals surface area contributed by atoms with Gasteiger partial charge in [-0.1, -0.05) is 41.9 Å². The number of nitrogens with zero attached hydrogens (tertiary/aromatic N) is 1. The fraction of sp³-hybridized carbons (Fsp3) is 0.188. The van der Waals surface area contributed by atoms with Gasteiger partial charge >= 0.3 is 0 Å². The van der Waals surface area contributed by atoms with Crippen LogP contribution in [0.3, 0.4) is 0 Å². The predicted molar refractivity (Wildman–Crippen MR) is 93.7 cm³/mol. The fourth-order valence-corrected chi connectivity index (χ4v) is 3.19. The van der Waals surface area contributed by atoms with Crippen molar-refractivity contribution in [2.45, 2.75) is 4.90 Å². The topological polar surface area (TPSA) is 45.6 Å². The number of halogens is 1. The largest absolute Gasteiger partial charge is 0.383 e. The van der Waals surface area contributed by atoms with Crippen molar-refractivity contribution in [2.75, 3.05) is 25.6 Å². The number of nitrogens with one attached hydrogen (secondary N) is 2. The highest BCUT2D eigenvalue weighted by Crippen LogP contribution is 2.40. The van der Waals surface area contributed by atoms with Gasteiger partial charge < -0.3 is 10.1 Å². The van der Waals surface area contributed by atoms with Crippen LogP contribution < -0.4 is 10.0 Å². The van der Waals surface area contributed by atoms with Crippen molar-refractivity contribution in [3.05, 3.63) is 47.5 Å². The lowest BCUT2D eigenvalue weighted by Crippen LogP contribution is -2.30. The fourth-order valence-electron chi connectivity index (χ4n) is 2.22. The highest BCUT2D eigenvalue weighted by Gasteiger charge is 2.18. The van der Waals surface area contributed by atoms with Gasteiger partial charge in [-0.05, 0) is 24.1 Å². The molecule has 0 aromatic heterocycles. The van der Waals surface area contributed by atoms with E-state index in [9.17, 15) is 0 Å². The molecule has 1 aliphatic rings. The quantitative estimate of drug-likeness (QED) is 0.655. The van der Waals surface area contributed by atoms with Gasteiger partial charge in [-0.25, -0.2) is 4.99 Å². The standard InChI is InChI=1S/C16H16ClN3OS/c1-21-10-9-18-16-19-15-12(6-4-8-14(15)22-20-16)11-5-2-3-7-13(11)17/h2-8H,9-10H2,1H3,(H2,18,19,20). The van der Waals surface area contributed by atoms with Gasteiger partial charge in [0.1, 0.15) is 0 Å². The highest BCUT2D eigenvalue weighted by atomic mass is 35.5. The third kappa shape index (κ3) is 3.21. The molecule has 22 heavy (non-hydrogen) atoms. The number of anilines is 1. The number of fused-ring (bicyclic) bond motifs is 1. The summed E-state index contributed by atoms with van der Waals surface area (Å²) in [4.78, 5) is 5.56. The second-order valence-corrected chi connectivity index (χ2v) is 5.97. The zero-order valence-corrected chi connectivity index (χ0v) is 13.7. The summed E-state index contributed by atoms with van der Waals surface area (Å²) in [6.45, 7) is 1.20. The SMILES string of the molecule is COCCN=C1NSc2cccc(-c3ccccc3Cl)c2N1. The lowest BCUT2D eigenvalue weighted by molar-refractivity contribution is 0.208. The van der Waals surface area contributed by atoms with Crippen LogP contribution in [-0.4, -0.2) is 26.2 Å². The van der Waals surface area contributed by atoms with Crippen LogP contribution in [0.4, 0.5) is 5.69 Å². The number of aliphatic imine (C=N–C) groups is 1. The Morgan fingerprint density at radius 3 is 2.77 bits per heavy atom. The molecule has 0 fully saturated rings. The number of benzene rings is 2. The Bertz CT molecular complexity index is 706. The first-order valence-corrected chi connectivity index (χ1v) is 8.10. The minimum absolute atomic E-state index is 0.594. The second kappa shape index (κ2) is 7.05. The number of ether oxygens (including phenoxy) is 1. The summed E-state index contributed by atoms with van der Waals surface area (Å²) in [5.41, 5.74) is 3.10. The van der Waals surface area contributed by atoms with Crippen LogP contribution >= 0.6 is 23.5 Å². The Kier molecular flexibility index (Phi) is 4.87. The molecule has 0 radical (unpaired) electrons. The smallest absolute Gasteiger partial charge is 0.206 e. The van der Waals surface area contributed by atoms with E-state index in [1.807, 2.05) is 30.3 Å². The van der Waals surface area contributed by atoms with E-state index >= 15 is 0 Å². The van der Waals surface area contributed by atoms with Crippen LogP contribution in [0.15, 0.2) is 52.4 Å². The van der Waals surface area contributed by atoms with E-state index in [4.69, 9.17) is 16.3 Å². The molecule has 2 aromatic carbocycles. The molecule has 4 nitrogen and oxygen atoms in total. The molecule has 2 N–H and O–H groups in total. The normalized spacial score (nSPS) is 15.1. The number of para-hydroxylation sites is 1. The van der Waals surface area contributed by atoms with E-state index in [2.05, 4.69) is 27.2 Å². The molecule has 6 heteroatoms. The van der Waals surface area contributed by atoms with Crippen LogP contribution in [0, 0.1) is 0 Å². The van der Waals surface area contributed by atoms with Crippen LogP contribution in [-0.2, 0) is 4.74 Å². The molecule has 2 aromatic rings. The first-order valence-electron chi connectivity index (χ1n) is 6.91. The monoisotopic (exact) mass is 333 g/mol. The first kappa shape index (κ1) is 15.2. The molecule has 1 heterocycles. The maximum atomic E-state index is 6.34. The number of rotatable bonds is 4. The number of methoxy groups -OCH3 is 1. The van der Waals surface area contributed by atoms with E-state index in [1.54, 1.807) is 19.1 Å². The Labute approximate surface area is 139 Å². The Balaban J connectivity index is 1.96. The van der Waals surface area contributed by atoms with Gasteiger partial charge in [-0.2, -0.15) is 0 Å². The van der Waals surface area contributed by atoms with Gasteiger partial charge in [0.2, 0.25) is 5.96 Å². The average Bonchev–Trinajstić information content (AvgIpc) is 2.55. The molecular weight excluding hydrogens is 318 g/mol. The van der Waals surface area contributed by atoms with E-state index < -0.39 is 0 Å². The Morgan fingerprint density at radius 1 is 1.14 bits per heavy atom. The molecule has 0 atom stereocenters. The second-order valence-electron chi connectivity index (χ2n) is 4.71. The molecule has 1 aliphatic heterocycles. The van der Waals surface area contributed by atoms with Gasteiger partial charge in [0.25, 0.3) is 0 Å². The van der Waals surface area contributed by atoms with Crippen LogP contribution in [0.25, 0.3) is 11.1 Å². The number of hydrogen-bond acceptors (Lipinski definition) is 3. The van der Waals surface area contributed by atoms with Crippen molar-refractivity contribution < 1.29 is 4.74 Å². The highest BCUT2D eigenvalue weighted by molar-refractivity contribution is 7.98. The molecule has 0 saturated heterocycles. The van der Waals surface area contributed by atoms with Crippen molar-refractivity contribution in [3.63, 3.8) is 0 Å². The summed E-state index contributed by atoms with van der Waals surface area (Å²) in [5.74, 6) is 0.731. The third-order valence-corrected chi connectivity index (χ3v) is 4.44. The van der Waals surface area contributed by atoms with E-state index in [1.165, 1.54) is 0 Å². The molecule has 0 saturated carbocycles. The lowest BCUT2D eigenvalue weighted by atomic mass is 10.0. The lowest BCUT2D eigenvalue weighted by Gasteiger charge is -2.23. The maximum Gasteiger partial charge on any atom is 0.206 e. The van der Waals surface area contributed by atoms with Crippen molar-refractivity contribution in [1.29, 1.82) is 0 Å². The van der Waals surface area contributed by atoms with Crippen molar-refractivity contribution in [2.24, 2.45) is 4.99 Å². The van der Waals surface area contributed by atoms with E-state index in [0.29, 0.717) is 13.2 Å². The molecule has 0 spiro atoms.